The molecule has 1 amide bonds. The van der Waals surface area contributed by atoms with Crippen LogP contribution < -0.4 is 16.0 Å². The second-order valence-electron chi connectivity index (χ2n) is 6.45. The molecule has 0 bridgehead atoms. The van der Waals surface area contributed by atoms with Gasteiger partial charge in [-0.15, -0.1) is 0 Å². The van der Waals surface area contributed by atoms with Gasteiger partial charge in [0.2, 0.25) is 5.91 Å². The van der Waals surface area contributed by atoms with Crippen molar-refractivity contribution >= 4 is 22.4 Å². The van der Waals surface area contributed by atoms with Crippen LogP contribution in [0, 0.1) is 0 Å². The number of aromatic nitrogens is 3. The Kier molecular flexibility index (Phi) is 4.45. The van der Waals surface area contributed by atoms with Gasteiger partial charge in [-0.05, 0) is 24.3 Å². The van der Waals surface area contributed by atoms with Gasteiger partial charge in [0.05, 0.1) is 10.8 Å². The summed E-state index contributed by atoms with van der Waals surface area (Å²) in [7, 11) is 0. The van der Waals surface area contributed by atoms with E-state index in [1.54, 1.807) is 41.6 Å². The van der Waals surface area contributed by atoms with Crippen LogP contribution in [0.25, 0.3) is 10.8 Å². The van der Waals surface area contributed by atoms with Gasteiger partial charge in [-0.2, -0.15) is 0 Å². The zero-order chi connectivity index (χ0) is 18.8. The number of pyridine rings is 1. The molecule has 138 valence electrons. The van der Waals surface area contributed by atoms with Gasteiger partial charge in [0.15, 0.2) is 0 Å². The second kappa shape index (κ2) is 7.06. The normalized spacial score (nSPS) is 14.5. The molecule has 8 nitrogen and oxygen atoms in total. The number of anilines is 1. The lowest BCUT2D eigenvalue weighted by atomic mass is 10.2. The van der Waals surface area contributed by atoms with Crippen LogP contribution in [0.3, 0.4) is 0 Å². The van der Waals surface area contributed by atoms with Crippen LogP contribution in [0.1, 0.15) is 0 Å². The standard InChI is InChI=1S/C19H19N5O3/c25-17(23-11-9-22(10-12-23)14-5-7-20-8-6-14)13-24-19(27)16-4-2-1-3-15(16)18(26)21-24/h1-8H,9-13H2,(H,21,26). The molecule has 2 aromatic heterocycles. The Labute approximate surface area is 154 Å². The van der Waals surface area contributed by atoms with Crippen LogP contribution in [0.2, 0.25) is 0 Å². The number of carbonyl (C=O) groups is 1. The second-order valence-corrected chi connectivity index (χ2v) is 6.45. The van der Waals surface area contributed by atoms with Crippen molar-refractivity contribution in [2.24, 2.45) is 0 Å². The fourth-order valence-corrected chi connectivity index (χ4v) is 3.36. The third kappa shape index (κ3) is 3.33. The summed E-state index contributed by atoms with van der Waals surface area (Å²) in [4.78, 5) is 45.3. The Bertz CT molecular complexity index is 1080. The van der Waals surface area contributed by atoms with Crippen molar-refractivity contribution in [2.75, 3.05) is 31.1 Å². The van der Waals surface area contributed by atoms with Crippen LogP contribution >= 0.6 is 0 Å². The maximum atomic E-state index is 12.6. The first kappa shape index (κ1) is 17.0. The van der Waals surface area contributed by atoms with Gasteiger partial charge in [-0.3, -0.25) is 24.5 Å². The summed E-state index contributed by atoms with van der Waals surface area (Å²) in [6.45, 7) is 2.37. The quantitative estimate of drug-likeness (QED) is 0.727. The Morgan fingerprint density at radius 3 is 2.33 bits per heavy atom. The van der Waals surface area contributed by atoms with E-state index in [1.165, 1.54) is 0 Å². The number of H-pyrrole nitrogens is 1. The Morgan fingerprint density at radius 2 is 1.63 bits per heavy atom. The molecule has 1 aromatic carbocycles. The fourth-order valence-electron chi connectivity index (χ4n) is 3.36. The molecule has 1 aliphatic heterocycles. The molecule has 3 heterocycles. The molecule has 3 aromatic rings. The predicted octanol–water partition coefficient (Wildman–Crippen LogP) is 0.434. The highest BCUT2D eigenvalue weighted by molar-refractivity contribution is 5.81. The van der Waals surface area contributed by atoms with Gasteiger partial charge in [-0.25, -0.2) is 4.68 Å². The van der Waals surface area contributed by atoms with Crippen LogP contribution in [-0.2, 0) is 11.3 Å². The minimum Gasteiger partial charge on any atom is -0.368 e. The lowest BCUT2D eigenvalue weighted by Crippen LogP contribution is -2.50. The molecule has 0 unspecified atom stereocenters. The van der Waals surface area contributed by atoms with E-state index >= 15 is 0 Å². The van der Waals surface area contributed by atoms with Crippen molar-refractivity contribution in [1.82, 2.24) is 19.7 Å². The minimum atomic E-state index is -0.375. The lowest BCUT2D eigenvalue weighted by Gasteiger charge is -2.36. The highest BCUT2D eigenvalue weighted by atomic mass is 16.2. The van der Waals surface area contributed by atoms with Gasteiger partial charge in [0, 0.05) is 44.3 Å². The van der Waals surface area contributed by atoms with E-state index in [4.69, 9.17) is 0 Å². The zero-order valence-electron chi connectivity index (χ0n) is 14.7. The number of aromatic amines is 1. The summed E-state index contributed by atoms with van der Waals surface area (Å²) < 4.78 is 1.10. The number of hydrogen-bond acceptors (Lipinski definition) is 5. The van der Waals surface area contributed by atoms with Gasteiger partial charge in [-0.1, -0.05) is 12.1 Å². The van der Waals surface area contributed by atoms with Gasteiger partial charge in [0.1, 0.15) is 6.54 Å². The van der Waals surface area contributed by atoms with Crippen molar-refractivity contribution in [3.05, 3.63) is 69.5 Å². The first-order valence-electron chi connectivity index (χ1n) is 8.78. The number of amides is 1. The molecule has 4 rings (SSSR count). The highest BCUT2D eigenvalue weighted by Gasteiger charge is 2.22. The number of carbonyl (C=O) groups excluding carboxylic acids is 1. The number of rotatable bonds is 3. The van der Waals surface area contributed by atoms with Crippen molar-refractivity contribution in [3.63, 3.8) is 0 Å². The average molecular weight is 365 g/mol. The SMILES string of the molecule is O=C(Cn1[nH]c(=O)c2ccccc2c1=O)N1CCN(c2ccncc2)CC1. The molecule has 0 radical (unpaired) electrons. The van der Waals surface area contributed by atoms with E-state index in [1.807, 2.05) is 12.1 Å². The van der Waals surface area contributed by atoms with Gasteiger partial charge >= 0.3 is 0 Å². The molecular formula is C19H19N5O3. The average Bonchev–Trinajstić information content (AvgIpc) is 2.72. The van der Waals surface area contributed by atoms with Crippen LogP contribution in [0.5, 0.6) is 0 Å². The van der Waals surface area contributed by atoms with Crippen molar-refractivity contribution in [3.8, 4) is 0 Å². The molecule has 0 atom stereocenters. The third-order valence-corrected chi connectivity index (χ3v) is 4.84. The number of fused-ring (bicyclic) bond motifs is 1. The number of benzene rings is 1. The predicted molar refractivity (Wildman–Crippen MR) is 102 cm³/mol. The van der Waals surface area contributed by atoms with E-state index < -0.39 is 0 Å². The molecule has 0 saturated carbocycles. The minimum absolute atomic E-state index is 0.172. The Morgan fingerprint density at radius 1 is 0.963 bits per heavy atom. The Hall–Kier alpha value is -3.42. The third-order valence-electron chi connectivity index (χ3n) is 4.84. The first-order valence-corrected chi connectivity index (χ1v) is 8.78. The summed E-state index contributed by atoms with van der Waals surface area (Å²) in [5.74, 6) is -0.183. The summed E-state index contributed by atoms with van der Waals surface area (Å²) in [6.07, 6.45) is 3.49. The topological polar surface area (TPSA) is 91.3 Å². The summed E-state index contributed by atoms with van der Waals surface area (Å²) >= 11 is 0. The number of piperazine rings is 1. The van der Waals surface area contributed by atoms with Crippen molar-refractivity contribution in [2.45, 2.75) is 6.54 Å². The molecule has 1 fully saturated rings. The van der Waals surface area contributed by atoms with Gasteiger partial charge < -0.3 is 9.80 Å². The molecule has 27 heavy (non-hydrogen) atoms. The molecule has 0 spiro atoms. The zero-order valence-corrected chi connectivity index (χ0v) is 14.7. The van der Waals surface area contributed by atoms with Crippen LogP contribution in [0.15, 0.2) is 58.4 Å². The lowest BCUT2D eigenvalue weighted by molar-refractivity contribution is -0.132. The van der Waals surface area contributed by atoms with E-state index in [-0.39, 0.29) is 23.6 Å². The molecule has 1 aliphatic rings. The van der Waals surface area contributed by atoms with Gasteiger partial charge in [0.25, 0.3) is 11.1 Å². The number of nitrogens with one attached hydrogen (secondary N) is 1. The maximum absolute atomic E-state index is 12.6. The Balaban J connectivity index is 1.48. The molecule has 1 N–H and O–H groups in total. The first-order chi connectivity index (χ1) is 13.1. The van der Waals surface area contributed by atoms with E-state index in [2.05, 4.69) is 15.0 Å². The van der Waals surface area contributed by atoms with Crippen molar-refractivity contribution in [1.29, 1.82) is 0 Å². The van der Waals surface area contributed by atoms with E-state index in [9.17, 15) is 14.4 Å². The van der Waals surface area contributed by atoms with Crippen molar-refractivity contribution < 1.29 is 4.79 Å². The smallest absolute Gasteiger partial charge is 0.273 e. The molecule has 0 aliphatic carbocycles. The molecule has 1 saturated heterocycles. The number of nitrogens with zero attached hydrogens (tertiary/aromatic N) is 4. The number of hydrogen-bond donors (Lipinski definition) is 1. The summed E-state index contributed by atoms with van der Waals surface area (Å²) in [6, 6.07) is 10.5. The van der Waals surface area contributed by atoms with E-state index in [0.717, 1.165) is 10.4 Å². The maximum Gasteiger partial charge on any atom is 0.273 e. The largest absolute Gasteiger partial charge is 0.368 e. The van der Waals surface area contributed by atoms with E-state index in [0.29, 0.717) is 37.0 Å². The fraction of sp³-hybridized carbons (Fsp3) is 0.263. The molecule has 8 heteroatoms. The highest BCUT2D eigenvalue weighted by Crippen LogP contribution is 2.14. The monoisotopic (exact) mass is 365 g/mol. The van der Waals surface area contributed by atoms with Crippen LogP contribution in [-0.4, -0.2) is 51.8 Å². The summed E-state index contributed by atoms with van der Waals surface area (Å²) in [5.41, 5.74) is 0.335. The molecular weight excluding hydrogens is 346 g/mol. The summed E-state index contributed by atoms with van der Waals surface area (Å²) in [5, 5.41) is 3.15. The van der Waals surface area contributed by atoms with Crippen LogP contribution in [0.4, 0.5) is 5.69 Å².